The molecule has 0 aliphatic carbocycles. The Bertz CT molecular complexity index is 33.5. The molecule has 0 aromatic heterocycles. The summed E-state index contributed by atoms with van der Waals surface area (Å²) in [5.74, 6) is 1.24. The quantitative estimate of drug-likeness (QED) is 0.575. The van der Waals surface area contributed by atoms with Gasteiger partial charge in [0.1, 0.15) is 0 Å². The Morgan fingerprint density at radius 3 is 2.50 bits per heavy atom. The van der Waals surface area contributed by atoms with E-state index >= 15 is 0 Å². The molecular weight excluding hydrogens is 120 g/mol. The van der Waals surface area contributed by atoms with E-state index < -0.39 is 0 Å². The Balaban J connectivity index is 2.53. The van der Waals surface area contributed by atoms with Crippen molar-refractivity contribution in [1.29, 1.82) is 0 Å². The van der Waals surface area contributed by atoms with Crippen molar-refractivity contribution in [2.24, 2.45) is 0 Å². The van der Waals surface area contributed by atoms with E-state index in [2.05, 4.69) is 6.26 Å². The van der Waals surface area contributed by atoms with E-state index in [0.29, 0.717) is 6.61 Å². The highest BCUT2D eigenvalue weighted by Crippen LogP contribution is 2.00. The van der Waals surface area contributed by atoms with Crippen molar-refractivity contribution in [3.63, 3.8) is 0 Å². The first-order valence-corrected chi connectivity index (χ1v) is 4.41. The zero-order valence-electron chi connectivity index (χ0n) is 5.39. The highest BCUT2D eigenvalue weighted by atomic mass is 32.2. The largest absolute Gasteiger partial charge is 0.396 e. The number of thioether (sulfide) groups is 1. The number of hydrogen-bond donors (Lipinski definition) is 1. The monoisotopic (exact) mass is 134 g/mol. The molecule has 0 bridgehead atoms. The van der Waals surface area contributed by atoms with Crippen LogP contribution < -0.4 is 0 Å². The third-order valence-corrected chi connectivity index (χ3v) is 1.70. The van der Waals surface area contributed by atoms with Gasteiger partial charge in [0.25, 0.3) is 0 Å². The van der Waals surface area contributed by atoms with E-state index in [1.807, 2.05) is 11.8 Å². The average Bonchev–Trinajstić information content (AvgIpc) is 1.81. The lowest BCUT2D eigenvalue weighted by Gasteiger charge is -1.93. The topological polar surface area (TPSA) is 20.2 Å². The van der Waals surface area contributed by atoms with Crippen molar-refractivity contribution in [2.45, 2.75) is 19.3 Å². The van der Waals surface area contributed by atoms with Crippen LogP contribution in [0, 0.1) is 0 Å². The van der Waals surface area contributed by atoms with Crippen molar-refractivity contribution in [1.82, 2.24) is 0 Å². The molecule has 0 rings (SSSR count). The minimum absolute atomic E-state index is 0.356. The zero-order valence-corrected chi connectivity index (χ0v) is 6.21. The highest BCUT2D eigenvalue weighted by Gasteiger charge is 1.84. The van der Waals surface area contributed by atoms with Crippen LogP contribution >= 0.6 is 11.8 Å². The summed E-state index contributed by atoms with van der Waals surface area (Å²) in [6.45, 7) is 0.356. The van der Waals surface area contributed by atoms with Gasteiger partial charge in [-0.3, -0.25) is 0 Å². The molecule has 0 saturated heterocycles. The molecule has 50 valence electrons. The molecule has 0 amide bonds. The third kappa shape index (κ3) is 6.31. The first kappa shape index (κ1) is 8.31. The Labute approximate surface area is 55.5 Å². The molecule has 8 heavy (non-hydrogen) atoms. The van der Waals surface area contributed by atoms with Crippen LogP contribution in [0.3, 0.4) is 0 Å². The van der Waals surface area contributed by atoms with Crippen molar-refractivity contribution in [3.05, 3.63) is 0 Å². The second-order valence-corrected chi connectivity index (χ2v) is 2.76. The molecule has 0 atom stereocenters. The zero-order chi connectivity index (χ0) is 6.24. The smallest absolute Gasteiger partial charge is 0.0431 e. The van der Waals surface area contributed by atoms with Crippen LogP contribution in [-0.2, 0) is 0 Å². The van der Waals surface area contributed by atoms with Gasteiger partial charge < -0.3 is 5.11 Å². The van der Waals surface area contributed by atoms with E-state index in [1.54, 1.807) is 0 Å². The van der Waals surface area contributed by atoms with Gasteiger partial charge in [-0.2, -0.15) is 11.8 Å². The summed E-state index contributed by atoms with van der Waals surface area (Å²) in [6.07, 6.45) is 5.51. The summed E-state index contributed by atoms with van der Waals surface area (Å²) in [7, 11) is 0. The van der Waals surface area contributed by atoms with Crippen LogP contribution in [0.1, 0.15) is 19.3 Å². The molecule has 0 unspecified atom stereocenters. The summed E-state index contributed by atoms with van der Waals surface area (Å²) in [5.41, 5.74) is 0. The third-order valence-electron chi connectivity index (χ3n) is 1.01. The van der Waals surface area contributed by atoms with Crippen LogP contribution in [0.2, 0.25) is 0 Å². The van der Waals surface area contributed by atoms with Gasteiger partial charge in [0, 0.05) is 6.61 Å². The number of aliphatic hydroxyl groups is 1. The highest BCUT2D eigenvalue weighted by molar-refractivity contribution is 7.98. The van der Waals surface area contributed by atoms with Crippen LogP contribution in [0.5, 0.6) is 0 Å². The van der Waals surface area contributed by atoms with E-state index in [-0.39, 0.29) is 0 Å². The van der Waals surface area contributed by atoms with Gasteiger partial charge in [-0.25, -0.2) is 0 Å². The first-order valence-electron chi connectivity index (χ1n) is 3.01. The lowest BCUT2D eigenvalue weighted by atomic mass is 10.3. The number of aliphatic hydroxyl groups excluding tert-OH is 1. The molecule has 0 aromatic rings. The van der Waals surface area contributed by atoms with Gasteiger partial charge in [0.05, 0.1) is 0 Å². The predicted octanol–water partition coefficient (Wildman–Crippen LogP) is 1.51. The molecule has 1 nitrogen and oxygen atoms in total. The number of unbranched alkanes of at least 4 members (excludes halogenated alkanes) is 2. The molecule has 0 fully saturated rings. The molecule has 0 aliphatic rings. The molecule has 2 heteroatoms. The Hall–Kier alpha value is 0.310. The normalized spacial score (nSPS) is 9.75. The summed E-state index contributed by atoms with van der Waals surface area (Å²) >= 11 is 1.87. The molecule has 1 N–H and O–H groups in total. The van der Waals surface area contributed by atoms with Crippen LogP contribution in [0.15, 0.2) is 0 Å². The fourth-order valence-electron chi connectivity index (χ4n) is 0.535. The molecule has 0 radical (unpaired) electrons. The van der Waals surface area contributed by atoms with Crippen molar-refractivity contribution in [3.8, 4) is 0 Å². The lowest BCUT2D eigenvalue weighted by molar-refractivity contribution is 0.284. The molecule has 0 aliphatic heterocycles. The van der Waals surface area contributed by atoms with E-state index in [4.69, 9.17) is 5.11 Å². The van der Waals surface area contributed by atoms with E-state index in [9.17, 15) is 0 Å². The Morgan fingerprint density at radius 1 is 1.25 bits per heavy atom. The summed E-state index contributed by atoms with van der Waals surface area (Å²) < 4.78 is 0. The molecule has 0 aromatic carbocycles. The lowest BCUT2D eigenvalue weighted by Crippen LogP contribution is -1.83. The van der Waals surface area contributed by atoms with Gasteiger partial charge in [-0.05, 0) is 24.9 Å². The van der Waals surface area contributed by atoms with Gasteiger partial charge in [-0.15, -0.1) is 0 Å². The Kier molecular flexibility index (Phi) is 7.59. The summed E-state index contributed by atoms with van der Waals surface area (Å²) in [6, 6.07) is 0. The maximum atomic E-state index is 8.36. The van der Waals surface area contributed by atoms with Crippen LogP contribution in [-0.4, -0.2) is 23.7 Å². The van der Waals surface area contributed by atoms with Crippen LogP contribution in [0.4, 0.5) is 0 Å². The second kappa shape index (κ2) is 7.31. The van der Waals surface area contributed by atoms with Crippen molar-refractivity contribution < 1.29 is 5.11 Å². The second-order valence-electron chi connectivity index (χ2n) is 1.78. The molecule has 0 heterocycles. The molecular formula is C6H14OS. The SMILES string of the molecule is CSCCCCCO. The minimum Gasteiger partial charge on any atom is -0.396 e. The summed E-state index contributed by atoms with van der Waals surface area (Å²) in [5, 5.41) is 8.36. The fraction of sp³-hybridized carbons (Fsp3) is 1.00. The maximum absolute atomic E-state index is 8.36. The number of hydrogen-bond acceptors (Lipinski definition) is 2. The predicted molar refractivity (Wildman–Crippen MR) is 39.3 cm³/mol. The van der Waals surface area contributed by atoms with E-state index in [1.165, 1.54) is 18.6 Å². The van der Waals surface area contributed by atoms with Gasteiger partial charge in [-0.1, -0.05) is 6.42 Å². The van der Waals surface area contributed by atoms with Crippen molar-refractivity contribution >= 4 is 11.8 Å². The van der Waals surface area contributed by atoms with Gasteiger partial charge >= 0.3 is 0 Å². The number of rotatable bonds is 5. The fourth-order valence-corrected chi connectivity index (χ4v) is 1.03. The average molecular weight is 134 g/mol. The van der Waals surface area contributed by atoms with Gasteiger partial charge in [0.15, 0.2) is 0 Å². The molecule has 0 spiro atoms. The van der Waals surface area contributed by atoms with Crippen LogP contribution in [0.25, 0.3) is 0 Å². The summed E-state index contributed by atoms with van der Waals surface area (Å²) in [4.78, 5) is 0. The first-order chi connectivity index (χ1) is 3.91. The maximum Gasteiger partial charge on any atom is 0.0431 e. The van der Waals surface area contributed by atoms with E-state index in [0.717, 1.165) is 6.42 Å². The van der Waals surface area contributed by atoms with Gasteiger partial charge in [0.2, 0.25) is 0 Å². The van der Waals surface area contributed by atoms with Crippen molar-refractivity contribution in [2.75, 3.05) is 18.6 Å². The standard InChI is InChI=1S/C6H14OS/c1-8-6-4-2-3-5-7/h7H,2-6H2,1H3. The molecule has 0 saturated carbocycles. The Morgan fingerprint density at radius 2 is 2.00 bits per heavy atom. The minimum atomic E-state index is 0.356.